The molecule has 0 unspecified atom stereocenters. The summed E-state index contributed by atoms with van der Waals surface area (Å²) in [5.74, 6) is 0. The molecule has 2 heteroatoms. The zero-order valence-electron chi connectivity index (χ0n) is 11.0. The molecule has 0 spiro atoms. The van der Waals surface area contributed by atoms with Crippen LogP contribution < -0.4 is 11.5 Å². The minimum atomic E-state index is 0. The molecule has 0 amide bonds. The summed E-state index contributed by atoms with van der Waals surface area (Å²) in [6, 6.07) is 12.4. The average molecular weight is 256 g/mol. The summed E-state index contributed by atoms with van der Waals surface area (Å²) < 4.78 is 0. The van der Waals surface area contributed by atoms with E-state index in [-0.39, 0.29) is 7.43 Å². The number of nitrogens with two attached hydrogens (primary N) is 2. The van der Waals surface area contributed by atoms with Gasteiger partial charge in [-0.05, 0) is 59.4 Å². The van der Waals surface area contributed by atoms with Crippen molar-refractivity contribution >= 4 is 11.4 Å². The van der Waals surface area contributed by atoms with Gasteiger partial charge in [0, 0.05) is 11.4 Å². The highest BCUT2D eigenvalue weighted by atomic mass is 14.6. The van der Waals surface area contributed by atoms with Gasteiger partial charge in [0.15, 0.2) is 0 Å². The summed E-state index contributed by atoms with van der Waals surface area (Å²) in [6.07, 6.45) is 1.91. The SMILES string of the molecule is C.CCc1cc(-c2ccc(N)c(CC)c2)ccc1N. The maximum Gasteiger partial charge on any atom is 0.0346 e. The Labute approximate surface area is 116 Å². The molecule has 0 bridgehead atoms. The molecule has 0 atom stereocenters. The van der Waals surface area contributed by atoms with E-state index in [1.807, 2.05) is 12.1 Å². The fraction of sp³-hybridized carbons (Fsp3) is 0.294. The first-order valence-corrected chi connectivity index (χ1v) is 6.42. The second-order valence-corrected chi connectivity index (χ2v) is 4.53. The van der Waals surface area contributed by atoms with E-state index in [1.54, 1.807) is 0 Å². The molecule has 0 radical (unpaired) electrons. The summed E-state index contributed by atoms with van der Waals surface area (Å²) in [6.45, 7) is 4.24. The highest BCUT2D eigenvalue weighted by Gasteiger charge is 2.04. The molecule has 4 N–H and O–H groups in total. The second-order valence-electron chi connectivity index (χ2n) is 4.53. The van der Waals surface area contributed by atoms with Crippen molar-refractivity contribution in [3.8, 4) is 11.1 Å². The molecule has 0 fully saturated rings. The van der Waals surface area contributed by atoms with Gasteiger partial charge in [0.05, 0.1) is 0 Å². The van der Waals surface area contributed by atoms with E-state index in [1.165, 1.54) is 22.3 Å². The van der Waals surface area contributed by atoms with Crippen molar-refractivity contribution in [2.45, 2.75) is 34.1 Å². The molecule has 2 aromatic carbocycles. The second kappa shape index (κ2) is 6.28. The molecule has 0 heterocycles. The molecule has 0 saturated carbocycles. The Kier molecular flexibility index (Phi) is 4.99. The average Bonchev–Trinajstić information content (AvgIpc) is 2.40. The minimum Gasteiger partial charge on any atom is -0.399 e. The van der Waals surface area contributed by atoms with E-state index in [4.69, 9.17) is 11.5 Å². The lowest BCUT2D eigenvalue weighted by molar-refractivity contribution is 1.14. The Morgan fingerprint density at radius 2 is 1.11 bits per heavy atom. The van der Waals surface area contributed by atoms with Crippen LogP contribution in [0.2, 0.25) is 0 Å². The minimum absolute atomic E-state index is 0. The Hall–Kier alpha value is -1.96. The van der Waals surface area contributed by atoms with E-state index in [0.717, 1.165) is 24.2 Å². The zero-order chi connectivity index (χ0) is 13.1. The fourth-order valence-electron chi connectivity index (χ4n) is 2.18. The Bertz CT molecular complexity index is 508. The molecule has 2 nitrogen and oxygen atoms in total. The lowest BCUT2D eigenvalue weighted by Gasteiger charge is -2.10. The Morgan fingerprint density at radius 1 is 0.737 bits per heavy atom. The van der Waals surface area contributed by atoms with E-state index < -0.39 is 0 Å². The highest BCUT2D eigenvalue weighted by molar-refractivity contribution is 5.70. The van der Waals surface area contributed by atoms with Crippen LogP contribution in [0.4, 0.5) is 11.4 Å². The summed E-state index contributed by atoms with van der Waals surface area (Å²) in [5.41, 5.74) is 18.4. The molecule has 0 aliphatic rings. The molecule has 2 rings (SSSR count). The summed E-state index contributed by atoms with van der Waals surface area (Å²) >= 11 is 0. The van der Waals surface area contributed by atoms with Crippen LogP contribution in [0.15, 0.2) is 36.4 Å². The lowest BCUT2D eigenvalue weighted by Crippen LogP contribution is -1.95. The third-order valence-electron chi connectivity index (χ3n) is 3.38. The standard InChI is InChI=1S/C16H20N2.CH4/c1-3-11-9-13(5-7-15(11)17)14-6-8-16(18)12(4-2)10-14;/h5-10H,3-4,17-18H2,1-2H3;1H4. The summed E-state index contributed by atoms with van der Waals surface area (Å²) in [4.78, 5) is 0. The van der Waals surface area contributed by atoms with Gasteiger partial charge in [0.2, 0.25) is 0 Å². The van der Waals surface area contributed by atoms with Crippen LogP contribution in [0.1, 0.15) is 32.4 Å². The molecule has 19 heavy (non-hydrogen) atoms. The van der Waals surface area contributed by atoms with E-state index in [9.17, 15) is 0 Å². The van der Waals surface area contributed by atoms with E-state index in [0.29, 0.717) is 0 Å². The molecule has 2 aromatic rings. The molecular weight excluding hydrogens is 232 g/mol. The smallest absolute Gasteiger partial charge is 0.0346 e. The first-order valence-electron chi connectivity index (χ1n) is 6.42. The van der Waals surface area contributed by atoms with Gasteiger partial charge in [0.1, 0.15) is 0 Å². The van der Waals surface area contributed by atoms with Crippen LogP contribution in [-0.2, 0) is 12.8 Å². The van der Waals surface area contributed by atoms with Crippen molar-refractivity contribution in [2.24, 2.45) is 0 Å². The molecule has 0 aliphatic heterocycles. The van der Waals surface area contributed by atoms with Crippen molar-refractivity contribution in [1.82, 2.24) is 0 Å². The maximum absolute atomic E-state index is 5.94. The predicted molar refractivity (Wildman–Crippen MR) is 86.2 cm³/mol. The van der Waals surface area contributed by atoms with Crippen molar-refractivity contribution in [3.63, 3.8) is 0 Å². The van der Waals surface area contributed by atoms with Crippen molar-refractivity contribution < 1.29 is 0 Å². The van der Waals surface area contributed by atoms with Crippen molar-refractivity contribution in [1.29, 1.82) is 0 Å². The van der Waals surface area contributed by atoms with Gasteiger partial charge < -0.3 is 11.5 Å². The normalized spacial score (nSPS) is 10.0. The van der Waals surface area contributed by atoms with Gasteiger partial charge in [-0.3, -0.25) is 0 Å². The van der Waals surface area contributed by atoms with Gasteiger partial charge in [-0.25, -0.2) is 0 Å². The molecule has 0 aromatic heterocycles. The largest absolute Gasteiger partial charge is 0.399 e. The number of hydrogen-bond acceptors (Lipinski definition) is 2. The zero-order valence-corrected chi connectivity index (χ0v) is 11.0. The Morgan fingerprint density at radius 3 is 1.42 bits per heavy atom. The van der Waals surface area contributed by atoms with E-state index >= 15 is 0 Å². The number of hydrogen-bond donors (Lipinski definition) is 2. The maximum atomic E-state index is 5.94. The fourth-order valence-corrected chi connectivity index (χ4v) is 2.18. The quantitative estimate of drug-likeness (QED) is 0.805. The van der Waals surface area contributed by atoms with Crippen LogP contribution in [-0.4, -0.2) is 0 Å². The first kappa shape index (κ1) is 15.1. The van der Waals surface area contributed by atoms with Gasteiger partial charge >= 0.3 is 0 Å². The van der Waals surface area contributed by atoms with Crippen LogP contribution in [0, 0.1) is 0 Å². The molecular formula is C17H24N2. The third-order valence-corrected chi connectivity index (χ3v) is 3.38. The number of aryl methyl sites for hydroxylation is 2. The van der Waals surface area contributed by atoms with Gasteiger partial charge in [-0.15, -0.1) is 0 Å². The van der Waals surface area contributed by atoms with Gasteiger partial charge in [-0.1, -0.05) is 33.4 Å². The molecule has 102 valence electrons. The number of anilines is 2. The highest BCUT2D eigenvalue weighted by Crippen LogP contribution is 2.27. The Balaban J connectivity index is 0.00000180. The predicted octanol–water partition coefficient (Wildman–Crippen LogP) is 4.28. The number of nitrogen functional groups attached to an aromatic ring is 2. The van der Waals surface area contributed by atoms with Crippen LogP contribution in [0.25, 0.3) is 11.1 Å². The van der Waals surface area contributed by atoms with Crippen LogP contribution >= 0.6 is 0 Å². The van der Waals surface area contributed by atoms with Crippen LogP contribution in [0.5, 0.6) is 0 Å². The number of rotatable bonds is 3. The topological polar surface area (TPSA) is 52.0 Å². The summed E-state index contributed by atoms with van der Waals surface area (Å²) in [7, 11) is 0. The van der Waals surface area contributed by atoms with Gasteiger partial charge in [0.25, 0.3) is 0 Å². The summed E-state index contributed by atoms with van der Waals surface area (Å²) in [5, 5.41) is 0. The lowest BCUT2D eigenvalue weighted by atomic mass is 9.98. The molecule has 0 aliphatic carbocycles. The third kappa shape index (κ3) is 3.08. The van der Waals surface area contributed by atoms with E-state index in [2.05, 4.69) is 38.1 Å². The monoisotopic (exact) mass is 256 g/mol. The van der Waals surface area contributed by atoms with Crippen molar-refractivity contribution in [3.05, 3.63) is 47.5 Å². The number of benzene rings is 2. The van der Waals surface area contributed by atoms with Crippen LogP contribution in [0.3, 0.4) is 0 Å². The van der Waals surface area contributed by atoms with Crippen molar-refractivity contribution in [2.75, 3.05) is 11.5 Å². The van der Waals surface area contributed by atoms with Gasteiger partial charge in [-0.2, -0.15) is 0 Å². The first-order chi connectivity index (χ1) is 8.65. The molecule has 0 saturated heterocycles.